The normalized spacial score (nSPS) is 10.7. The molecule has 0 spiro atoms. The van der Waals surface area contributed by atoms with Crippen LogP contribution in [0.3, 0.4) is 0 Å². The summed E-state index contributed by atoms with van der Waals surface area (Å²) in [6, 6.07) is 14.7. The standard InChI is InChI=1S/C26H26/c1-4-7-8-9-10-11-16-22-23-17-12-14-20(5-2)25(23)19-26-21(6-3)15-13-18-24(22)26/h2-3,12-15,17-19H,4,7-11,16H2,1H3. The van der Waals surface area contributed by atoms with E-state index in [0.717, 1.165) is 28.3 Å². The van der Waals surface area contributed by atoms with Crippen molar-refractivity contribution in [3.63, 3.8) is 0 Å². The van der Waals surface area contributed by atoms with Gasteiger partial charge in [-0.05, 0) is 58.1 Å². The number of unbranched alkanes of at least 4 members (excludes halogenated alkanes) is 5. The van der Waals surface area contributed by atoms with Crippen molar-refractivity contribution in [2.24, 2.45) is 0 Å². The van der Waals surface area contributed by atoms with Crippen molar-refractivity contribution in [1.29, 1.82) is 0 Å². The van der Waals surface area contributed by atoms with Gasteiger partial charge in [-0.15, -0.1) is 12.8 Å². The second-order valence-electron chi connectivity index (χ2n) is 6.96. The lowest BCUT2D eigenvalue weighted by atomic mass is 9.90. The Morgan fingerprint density at radius 1 is 0.692 bits per heavy atom. The van der Waals surface area contributed by atoms with Crippen LogP contribution in [0.5, 0.6) is 0 Å². The van der Waals surface area contributed by atoms with E-state index in [0.29, 0.717) is 0 Å². The zero-order chi connectivity index (χ0) is 18.4. The van der Waals surface area contributed by atoms with Gasteiger partial charge >= 0.3 is 0 Å². The quantitative estimate of drug-likeness (QED) is 0.251. The molecule has 0 unspecified atom stereocenters. The number of rotatable bonds is 7. The van der Waals surface area contributed by atoms with Crippen LogP contribution in [-0.2, 0) is 6.42 Å². The Balaban J connectivity index is 2.06. The maximum Gasteiger partial charge on any atom is 0.0321 e. The lowest BCUT2D eigenvalue weighted by Crippen LogP contribution is -1.94. The Kier molecular flexibility index (Phi) is 5.99. The van der Waals surface area contributed by atoms with Gasteiger partial charge in [0.25, 0.3) is 0 Å². The summed E-state index contributed by atoms with van der Waals surface area (Å²) in [5, 5.41) is 4.84. The Labute approximate surface area is 157 Å². The minimum absolute atomic E-state index is 0.945. The van der Waals surface area contributed by atoms with Gasteiger partial charge in [-0.25, -0.2) is 0 Å². The van der Waals surface area contributed by atoms with Crippen LogP contribution in [0, 0.1) is 24.7 Å². The van der Waals surface area contributed by atoms with E-state index in [4.69, 9.17) is 12.8 Å². The maximum atomic E-state index is 5.76. The third-order valence-corrected chi connectivity index (χ3v) is 5.24. The molecule has 0 N–H and O–H groups in total. The van der Waals surface area contributed by atoms with Crippen LogP contribution in [-0.4, -0.2) is 0 Å². The highest BCUT2D eigenvalue weighted by Gasteiger charge is 2.11. The summed E-state index contributed by atoms with van der Waals surface area (Å²) >= 11 is 0. The molecule has 130 valence electrons. The molecular weight excluding hydrogens is 312 g/mol. The van der Waals surface area contributed by atoms with Crippen molar-refractivity contribution in [3.05, 3.63) is 59.2 Å². The highest BCUT2D eigenvalue weighted by atomic mass is 14.1. The fraction of sp³-hybridized carbons (Fsp3) is 0.308. The molecule has 0 saturated heterocycles. The van der Waals surface area contributed by atoms with E-state index in [1.54, 1.807) is 0 Å². The first-order valence-corrected chi connectivity index (χ1v) is 9.70. The first kappa shape index (κ1) is 18.1. The van der Waals surface area contributed by atoms with Gasteiger partial charge in [0.1, 0.15) is 0 Å². The molecule has 0 heterocycles. The molecule has 0 nitrogen and oxygen atoms in total. The van der Waals surface area contributed by atoms with Crippen LogP contribution in [0.15, 0.2) is 42.5 Å². The van der Waals surface area contributed by atoms with E-state index in [9.17, 15) is 0 Å². The van der Waals surface area contributed by atoms with Crippen molar-refractivity contribution in [2.75, 3.05) is 0 Å². The van der Waals surface area contributed by atoms with Crippen molar-refractivity contribution in [2.45, 2.75) is 51.9 Å². The Bertz CT molecular complexity index is 920. The highest BCUT2D eigenvalue weighted by Crippen LogP contribution is 2.33. The molecule has 0 radical (unpaired) electrons. The number of fused-ring (bicyclic) bond motifs is 2. The van der Waals surface area contributed by atoms with Crippen molar-refractivity contribution in [1.82, 2.24) is 0 Å². The van der Waals surface area contributed by atoms with Crippen LogP contribution in [0.1, 0.15) is 62.1 Å². The third kappa shape index (κ3) is 3.61. The summed E-state index contributed by atoms with van der Waals surface area (Å²) in [4.78, 5) is 0. The molecule has 3 rings (SSSR count). The number of hydrogen-bond acceptors (Lipinski definition) is 0. The summed E-state index contributed by atoms with van der Waals surface area (Å²) in [7, 11) is 0. The monoisotopic (exact) mass is 338 g/mol. The van der Waals surface area contributed by atoms with Gasteiger partial charge in [-0.2, -0.15) is 0 Å². The second-order valence-corrected chi connectivity index (χ2v) is 6.96. The number of benzene rings is 3. The first-order chi connectivity index (χ1) is 12.8. The zero-order valence-corrected chi connectivity index (χ0v) is 15.6. The summed E-state index contributed by atoms with van der Waals surface area (Å²) < 4.78 is 0. The molecule has 0 saturated carbocycles. The number of hydrogen-bond donors (Lipinski definition) is 0. The molecule has 3 aromatic carbocycles. The summed E-state index contributed by atoms with van der Waals surface area (Å²) in [5.74, 6) is 5.68. The van der Waals surface area contributed by atoms with Crippen LogP contribution >= 0.6 is 0 Å². The molecule has 0 aromatic heterocycles. The van der Waals surface area contributed by atoms with Gasteiger partial charge in [0, 0.05) is 11.1 Å². The van der Waals surface area contributed by atoms with E-state index in [1.807, 2.05) is 12.1 Å². The average molecular weight is 338 g/mol. The second kappa shape index (κ2) is 8.60. The lowest BCUT2D eigenvalue weighted by Gasteiger charge is -2.14. The molecule has 0 atom stereocenters. The Morgan fingerprint density at radius 2 is 1.23 bits per heavy atom. The first-order valence-electron chi connectivity index (χ1n) is 9.70. The molecule has 26 heavy (non-hydrogen) atoms. The largest absolute Gasteiger partial charge is 0.115 e. The molecule has 0 heteroatoms. The van der Waals surface area contributed by atoms with Gasteiger partial charge in [0.05, 0.1) is 0 Å². The summed E-state index contributed by atoms with van der Waals surface area (Å²) in [6.45, 7) is 2.26. The minimum Gasteiger partial charge on any atom is -0.115 e. The SMILES string of the molecule is C#Cc1cccc2c(CCCCCCCC)c3cccc(C#C)c3cc12. The predicted molar refractivity (Wildman–Crippen MR) is 114 cm³/mol. The predicted octanol–water partition coefficient (Wildman–Crippen LogP) is 6.86. The van der Waals surface area contributed by atoms with E-state index in [1.165, 1.54) is 54.9 Å². The summed E-state index contributed by atoms with van der Waals surface area (Å²) in [6.07, 6.45) is 20.4. The molecule has 0 aliphatic carbocycles. The average Bonchev–Trinajstić information content (AvgIpc) is 2.68. The molecular formula is C26H26. The molecule has 3 aromatic rings. The van der Waals surface area contributed by atoms with E-state index in [-0.39, 0.29) is 0 Å². The van der Waals surface area contributed by atoms with Crippen LogP contribution in [0.2, 0.25) is 0 Å². The lowest BCUT2D eigenvalue weighted by molar-refractivity contribution is 0.609. The Hall–Kier alpha value is -2.70. The molecule has 0 fully saturated rings. The smallest absolute Gasteiger partial charge is 0.0321 e. The zero-order valence-electron chi connectivity index (χ0n) is 15.6. The van der Waals surface area contributed by atoms with Crippen molar-refractivity contribution in [3.8, 4) is 24.7 Å². The highest BCUT2D eigenvalue weighted by molar-refractivity contribution is 6.06. The van der Waals surface area contributed by atoms with Gasteiger partial charge in [0.15, 0.2) is 0 Å². The van der Waals surface area contributed by atoms with Crippen LogP contribution in [0.4, 0.5) is 0 Å². The third-order valence-electron chi connectivity index (χ3n) is 5.24. The summed E-state index contributed by atoms with van der Waals surface area (Å²) in [5.41, 5.74) is 3.28. The van der Waals surface area contributed by atoms with E-state index < -0.39 is 0 Å². The molecule has 0 bridgehead atoms. The van der Waals surface area contributed by atoms with Crippen molar-refractivity contribution >= 4 is 21.5 Å². The molecule has 0 amide bonds. The van der Waals surface area contributed by atoms with Crippen molar-refractivity contribution < 1.29 is 0 Å². The number of terminal acetylenes is 2. The number of aryl methyl sites for hydroxylation is 1. The minimum atomic E-state index is 0.945. The topological polar surface area (TPSA) is 0 Å². The molecule has 0 aliphatic rings. The van der Waals surface area contributed by atoms with Gasteiger partial charge < -0.3 is 0 Å². The van der Waals surface area contributed by atoms with Crippen LogP contribution < -0.4 is 0 Å². The Morgan fingerprint density at radius 3 is 1.77 bits per heavy atom. The van der Waals surface area contributed by atoms with Gasteiger partial charge in [-0.3, -0.25) is 0 Å². The van der Waals surface area contributed by atoms with E-state index >= 15 is 0 Å². The van der Waals surface area contributed by atoms with Gasteiger partial charge in [-0.1, -0.05) is 75.1 Å². The fourth-order valence-corrected chi connectivity index (χ4v) is 3.86. The maximum absolute atomic E-state index is 5.76. The van der Waals surface area contributed by atoms with Crippen LogP contribution in [0.25, 0.3) is 21.5 Å². The van der Waals surface area contributed by atoms with Gasteiger partial charge in [0.2, 0.25) is 0 Å². The van der Waals surface area contributed by atoms with E-state index in [2.05, 4.69) is 49.1 Å². The fourth-order valence-electron chi connectivity index (χ4n) is 3.86. The molecule has 0 aliphatic heterocycles.